The molecule has 136 valence electrons. The predicted molar refractivity (Wildman–Crippen MR) is 100.0 cm³/mol. The third-order valence-electron chi connectivity index (χ3n) is 3.67. The van der Waals surface area contributed by atoms with Crippen molar-refractivity contribution in [2.45, 2.75) is 26.1 Å². The number of fused-ring (bicyclic) bond motifs is 1. The van der Waals surface area contributed by atoms with Crippen molar-refractivity contribution in [1.82, 2.24) is 20.3 Å². The van der Waals surface area contributed by atoms with Crippen molar-refractivity contribution in [2.24, 2.45) is 0 Å². The van der Waals surface area contributed by atoms with Gasteiger partial charge in [-0.2, -0.15) is 0 Å². The fourth-order valence-corrected chi connectivity index (χ4v) is 3.16. The average Bonchev–Trinajstić information content (AvgIpc) is 3.02. The van der Waals surface area contributed by atoms with E-state index in [1.165, 1.54) is 18.3 Å². The molecule has 0 saturated heterocycles. The van der Waals surface area contributed by atoms with Crippen molar-refractivity contribution < 1.29 is 15.0 Å². The Bertz CT molecular complexity index is 910. The highest BCUT2D eigenvalue weighted by molar-refractivity contribution is 7.22. The first-order valence-corrected chi connectivity index (χ1v) is 8.93. The molecular weight excluding hydrogens is 354 g/mol. The number of aliphatic hydroxyl groups is 2. The zero-order valence-electron chi connectivity index (χ0n) is 14.3. The van der Waals surface area contributed by atoms with E-state index in [9.17, 15) is 15.0 Å². The highest BCUT2D eigenvalue weighted by Crippen LogP contribution is 2.30. The number of nitrogens with one attached hydrogen (secondary N) is 2. The van der Waals surface area contributed by atoms with Gasteiger partial charge in [0.25, 0.3) is 0 Å². The molecule has 4 N–H and O–H groups in total. The minimum absolute atomic E-state index is 0.173. The van der Waals surface area contributed by atoms with Crippen LogP contribution in [0.1, 0.15) is 25.8 Å². The molecule has 0 radical (unpaired) electrons. The summed E-state index contributed by atoms with van der Waals surface area (Å²) in [5.41, 5.74) is 2.39. The lowest BCUT2D eigenvalue weighted by molar-refractivity contribution is 0.0249. The lowest BCUT2D eigenvalue weighted by Gasteiger charge is -2.11. The first-order chi connectivity index (χ1) is 12.5. The maximum absolute atomic E-state index is 11.6. The Kier molecular flexibility index (Phi) is 5.40. The van der Waals surface area contributed by atoms with Crippen LogP contribution in [-0.4, -0.2) is 43.8 Å². The van der Waals surface area contributed by atoms with Crippen LogP contribution in [0.5, 0.6) is 0 Å². The number of nitrogens with zero attached hydrogens (tertiary/aromatic N) is 3. The molecule has 3 rings (SSSR count). The summed E-state index contributed by atoms with van der Waals surface area (Å²) < 4.78 is 0.947. The molecular formula is C17H19N5O3S. The minimum atomic E-state index is -1.12. The fraction of sp³-hybridized carbons (Fsp3) is 0.294. The van der Waals surface area contributed by atoms with Crippen LogP contribution in [0.2, 0.25) is 0 Å². The van der Waals surface area contributed by atoms with Gasteiger partial charge in [-0.25, -0.2) is 19.7 Å². The van der Waals surface area contributed by atoms with Gasteiger partial charge in [0.2, 0.25) is 0 Å². The molecule has 0 aliphatic rings. The minimum Gasteiger partial charge on any atom is -0.390 e. The zero-order valence-corrected chi connectivity index (χ0v) is 15.1. The van der Waals surface area contributed by atoms with Gasteiger partial charge >= 0.3 is 6.03 Å². The van der Waals surface area contributed by atoms with Gasteiger partial charge in [0.1, 0.15) is 6.10 Å². The molecule has 0 fully saturated rings. The van der Waals surface area contributed by atoms with Gasteiger partial charge in [-0.15, -0.1) is 0 Å². The van der Waals surface area contributed by atoms with E-state index >= 15 is 0 Å². The number of aromatic nitrogens is 3. The average molecular weight is 373 g/mol. The van der Waals surface area contributed by atoms with E-state index in [0.717, 1.165) is 21.3 Å². The van der Waals surface area contributed by atoms with Crippen molar-refractivity contribution in [2.75, 3.05) is 11.9 Å². The number of carbonyl (C=O) groups excluding carboxylic acids is 1. The maximum atomic E-state index is 11.6. The highest BCUT2D eigenvalue weighted by atomic mass is 32.1. The number of benzene rings is 1. The summed E-state index contributed by atoms with van der Waals surface area (Å²) in [5.74, 6) is 0.173. The Balaban J connectivity index is 1.83. The molecule has 8 nitrogen and oxygen atoms in total. The monoisotopic (exact) mass is 373 g/mol. The molecule has 0 bridgehead atoms. The van der Waals surface area contributed by atoms with Crippen LogP contribution in [0, 0.1) is 0 Å². The quantitative estimate of drug-likeness (QED) is 0.545. The van der Waals surface area contributed by atoms with E-state index < -0.39 is 12.2 Å². The number of thiazole rings is 1. The number of carbonyl (C=O) groups is 1. The fourth-order valence-electron chi connectivity index (χ4n) is 2.32. The van der Waals surface area contributed by atoms with Gasteiger partial charge in [0.05, 0.1) is 16.3 Å². The van der Waals surface area contributed by atoms with Crippen LogP contribution >= 0.6 is 11.3 Å². The largest absolute Gasteiger partial charge is 0.390 e. The predicted octanol–water partition coefficient (Wildman–Crippen LogP) is 2.31. The van der Waals surface area contributed by atoms with Crippen LogP contribution in [-0.2, 0) is 0 Å². The van der Waals surface area contributed by atoms with Gasteiger partial charge in [-0.1, -0.05) is 17.4 Å². The number of anilines is 1. The van der Waals surface area contributed by atoms with E-state index in [1.54, 1.807) is 12.4 Å². The van der Waals surface area contributed by atoms with E-state index in [2.05, 4.69) is 25.6 Å². The summed E-state index contributed by atoms with van der Waals surface area (Å²) in [6, 6.07) is 5.44. The summed E-state index contributed by atoms with van der Waals surface area (Å²) in [6.07, 6.45) is 1.13. The summed E-state index contributed by atoms with van der Waals surface area (Å²) in [6.45, 7) is 3.86. The second-order valence-electron chi connectivity index (χ2n) is 5.70. The number of amides is 2. The maximum Gasteiger partial charge on any atom is 0.321 e. The van der Waals surface area contributed by atoms with Crippen LogP contribution in [0.4, 0.5) is 9.93 Å². The second-order valence-corrected chi connectivity index (χ2v) is 6.73. The molecule has 26 heavy (non-hydrogen) atoms. The van der Waals surface area contributed by atoms with Crippen LogP contribution < -0.4 is 10.6 Å². The lowest BCUT2D eigenvalue weighted by atomic mass is 10.1. The van der Waals surface area contributed by atoms with Crippen molar-refractivity contribution >= 4 is 32.7 Å². The molecule has 2 heterocycles. The van der Waals surface area contributed by atoms with E-state index in [0.29, 0.717) is 11.7 Å². The number of urea groups is 1. The number of aliphatic hydroxyl groups excluding tert-OH is 2. The summed E-state index contributed by atoms with van der Waals surface area (Å²) in [4.78, 5) is 24.3. The van der Waals surface area contributed by atoms with Gasteiger partial charge in [-0.3, -0.25) is 5.32 Å². The Labute approximate surface area is 154 Å². The Morgan fingerprint density at radius 1 is 1.23 bits per heavy atom. The third-order valence-corrected chi connectivity index (χ3v) is 4.62. The second kappa shape index (κ2) is 7.73. The van der Waals surface area contributed by atoms with E-state index in [1.807, 2.05) is 25.1 Å². The number of hydrogen-bond donors (Lipinski definition) is 4. The van der Waals surface area contributed by atoms with Gasteiger partial charge in [0.15, 0.2) is 11.0 Å². The zero-order chi connectivity index (χ0) is 18.7. The molecule has 0 aliphatic heterocycles. The molecule has 0 saturated carbocycles. The van der Waals surface area contributed by atoms with Crippen molar-refractivity contribution in [3.8, 4) is 11.1 Å². The first-order valence-electron chi connectivity index (χ1n) is 8.11. The Hall–Kier alpha value is -2.62. The number of hydrogen-bond acceptors (Lipinski definition) is 7. The van der Waals surface area contributed by atoms with Crippen molar-refractivity contribution in [1.29, 1.82) is 0 Å². The normalized spacial score (nSPS) is 13.4. The molecule has 1 aromatic carbocycles. The molecule has 3 aromatic rings. The van der Waals surface area contributed by atoms with Crippen LogP contribution in [0.3, 0.4) is 0 Å². The van der Waals surface area contributed by atoms with Crippen molar-refractivity contribution in [3.63, 3.8) is 0 Å². The van der Waals surface area contributed by atoms with Gasteiger partial charge in [0, 0.05) is 24.5 Å². The first kappa shape index (κ1) is 18.2. The smallest absolute Gasteiger partial charge is 0.321 e. The van der Waals surface area contributed by atoms with Crippen LogP contribution in [0.15, 0.2) is 30.6 Å². The Morgan fingerprint density at radius 3 is 2.62 bits per heavy atom. The summed E-state index contributed by atoms with van der Waals surface area (Å²) >= 11 is 1.39. The molecule has 2 atom stereocenters. The lowest BCUT2D eigenvalue weighted by Crippen LogP contribution is -2.28. The molecule has 2 amide bonds. The van der Waals surface area contributed by atoms with E-state index in [-0.39, 0.29) is 11.9 Å². The van der Waals surface area contributed by atoms with E-state index in [4.69, 9.17) is 0 Å². The van der Waals surface area contributed by atoms with Gasteiger partial charge < -0.3 is 15.5 Å². The number of rotatable bonds is 5. The van der Waals surface area contributed by atoms with Gasteiger partial charge in [-0.05, 0) is 31.5 Å². The molecule has 9 heteroatoms. The standard InChI is InChI=1S/C17H19N5O3S/c1-3-18-16(25)22-17-21-12-6-10(4-5-13(12)26-17)11-7-19-15(20-8-11)14(24)9(2)23/h4-9,14,23-24H,3H2,1-2H3,(H2,18,21,22,25). The molecule has 2 aromatic heterocycles. The SMILES string of the molecule is CCNC(=O)Nc1nc2cc(-c3cnc(C(O)C(C)O)nc3)ccc2s1. The van der Waals surface area contributed by atoms with Crippen molar-refractivity contribution in [3.05, 3.63) is 36.4 Å². The molecule has 0 aliphatic carbocycles. The topological polar surface area (TPSA) is 120 Å². The summed E-state index contributed by atoms with van der Waals surface area (Å²) in [7, 11) is 0. The van der Waals surface area contributed by atoms with Crippen LogP contribution in [0.25, 0.3) is 21.3 Å². The highest BCUT2D eigenvalue weighted by Gasteiger charge is 2.16. The Morgan fingerprint density at radius 2 is 1.96 bits per heavy atom. The molecule has 2 unspecified atom stereocenters. The molecule has 0 spiro atoms. The third kappa shape index (κ3) is 3.96. The summed E-state index contributed by atoms with van der Waals surface area (Å²) in [5, 5.41) is 25.1.